The number of amides is 1. The molecule has 3 fully saturated rings. The van der Waals surface area contributed by atoms with Gasteiger partial charge in [0.25, 0.3) is 0 Å². The lowest BCUT2D eigenvalue weighted by molar-refractivity contribution is -0.123. The average molecular weight is 320 g/mol. The summed E-state index contributed by atoms with van der Waals surface area (Å²) in [5.74, 6) is 1.72. The average Bonchev–Trinajstić information content (AvgIpc) is 2.87. The number of carbonyl (C=O) groups is 1. The van der Waals surface area contributed by atoms with E-state index in [-0.39, 0.29) is 12.0 Å². The van der Waals surface area contributed by atoms with Crippen molar-refractivity contribution in [2.24, 2.45) is 11.8 Å². The smallest absolute Gasteiger partial charge is 0.222 e. The molecule has 2 saturated heterocycles. The molecule has 0 spiro atoms. The summed E-state index contributed by atoms with van der Waals surface area (Å²) in [6.07, 6.45) is 4.90. The Morgan fingerprint density at radius 2 is 2.32 bits per heavy atom. The first-order valence-electron chi connectivity index (χ1n) is 8.43. The third-order valence-corrected chi connectivity index (χ3v) is 5.93. The number of fused-ring (bicyclic) bond motifs is 1. The number of thiophene rings is 1. The minimum absolute atomic E-state index is 0.119. The highest BCUT2D eigenvalue weighted by Gasteiger charge is 2.43. The second-order valence-corrected chi connectivity index (χ2v) is 8.05. The van der Waals surface area contributed by atoms with Crippen molar-refractivity contribution < 1.29 is 9.53 Å². The van der Waals surface area contributed by atoms with Crippen molar-refractivity contribution in [3.63, 3.8) is 0 Å². The number of likely N-dealkylation sites (tertiary alicyclic amines) is 1. The summed E-state index contributed by atoms with van der Waals surface area (Å²) in [6.45, 7) is 4.16. The Bertz CT molecular complexity index is 501. The number of carbonyl (C=O) groups excluding carboxylic acids is 1. The van der Waals surface area contributed by atoms with Gasteiger partial charge in [-0.1, -0.05) is 6.07 Å². The molecule has 2 aliphatic heterocycles. The molecule has 3 aliphatic rings. The van der Waals surface area contributed by atoms with Crippen molar-refractivity contribution in [2.75, 3.05) is 19.6 Å². The highest BCUT2D eigenvalue weighted by atomic mass is 32.1. The van der Waals surface area contributed by atoms with Crippen LogP contribution < -0.4 is 5.32 Å². The Labute approximate surface area is 135 Å². The Balaban J connectivity index is 1.19. The van der Waals surface area contributed by atoms with E-state index < -0.39 is 0 Å². The summed E-state index contributed by atoms with van der Waals surface area (Å²) >= 11 is 1.68. The molecule has 0 radical (unpaired) electrons. The summed E-state index contributed by atoms with van der Waals surface area (Å²) in [5, 5.41) is 5.04. The molecule has 1 saturated carbocycles. The number of rotatable bonds is 6. The van der Waals surface area contributed by atoms with Gasteiger partial charge in [-0.2, -0.15) is 0 Å². The quantitative estimate of drug-likeness (QED) is 0.874. The van der Waals surface area contributed by atoms with Crippen LogP contribution in [0.1, 0.15) is 30.6 Å². The molecule has 1 aromatic rings. The Morgan fingerprint density at radius 3 is 3.05 bits per heavy atom. The zero-order valence-corrected chi connectivity index (χ0v) is 13.7. The van der Waals surface area contributed by atoms with E-state index in [0.29, 0.717) is 25.0 Å². The van der Waals surface area contributed by atoms with Crippen LogP contribution >= 0.6 is 11.3 Å². The van der Waals surface area contributed by atoms with Crippen LogP contribution in [0.25, 0.3) is 0 Å². The van der Waals surface area contributed by atoms with Crippen LogP contribution in [0.15, 0.2) is 17.5 Å². The van der Waals surface area contributed by atoms with E-state index in [9.17, 15) is 4.79 Å². The van der Waals surface area contributed by atoms with Gasteiger partial charge in [-0.05, 0) is 36.6 Å². The van der Waals surface area contributed by atoms with E-state index in [4.69, 9.17) is 4.74 Å². The summed E-state index contributed by atoms with van der Waals surface area (Å²) in [5.41, 5.74) is 0. The molecule has 5 heteroatoms. The van der Waals surface area contributed by atoms with Gasteiger partial charge in [0.1, 0.15) is 0 Å². The maximum atomic E-state index is 12.0. The molecule has 3 heterocycles. The molecular weight excluding hydrogens is 296 g/mol. The predicted molar refractivity (Wildman–Crippen MR) is 86.7 cm³/mol. The Hall–Kier alpha value is -0.910. The topological polar surface area (TPSA) is 41.6 Å². The molecule has 4 rings (SSSR count). The lowest BCUT2D eigenvalue weighted by Gasteiger charge is -2.18. The van der Waals surface area contributed by atoms with Gasteiger partial charge in [-0.25, -0.2) is 0 Å². The number of nitrogens with zero attached hydrogens (tertiary/aromatic N) is 1. The van der Waals surface area contributed by atoms with Crippen molar-refractivity contribution in [1.82, 2.24) is 10.2 Å². The van der Waals surface area contributed by atoms with E-state index in [1.807, 2.05) is 11.4 Å². The van der Waals surface area contributed by atoms with Crippen LogP contribution in [0.4, 0.5) is 0 Å². The summed E-state index contributed by atoms with van der Waals surface area (Å²) < 4.78 is 6.13. The number of ether oxygens (including phenoxy) is 1. The summed E-state index contributed by atoms with van der Waals surface area (Å²) in [6, 6.07) is 4.07. The molecule has 1 aromatic heterocycles. The van der Waals surface area contributed by atoms with Gasteiger partial charge in [0.2, 0.25) is 5.91 Å². The lowest BCUT2D eigenvalue weighted by atomic mass is 10.0. The Kier molecular flexibility index (Phi) is 4.20. The van der Waals surface area contributed by atoms with Gasteiger partial charge >= 0.3 is 0 Å². The molecule has 120 valence electrons. The van der Waals surface area contributed by atoms with Crippen LogP contribution in [0.3, 0.4) is 0 Å². The second-order valence-electron chi connectivity index (χ2n) is 7.01. The third kappa shape index (κ3) is 3.53. The zero-order valence-electron chi connectivity index (χ0n) is 12.9. The molecule has 4 nitrogen and oxygen atoms in total. The van der Waals surface area contributed by atoms with Gasteiger partial charge in [0.05, 0.1) is 25.2 Å². The standard InChI is InChI=1S/C17H24N2O2S/c20-17(18-8-15-2-1-5-22-15)7-14-6-13-10-19(9-12-3-4-12)11-16(13)21-14/h1-2,5,12-14,16H,3-4,6-11H2,(H,18,20)/t13-,14+,16+/m0/s1. The molecule has 1 amide bonds. The highest BCUT2D eigenvalue weighted by molar-refractivity contribution is 7.09. The third-order valence-electron chi connectivity index (χ3n) is 5.06. The van der Waals surface area contributed by atoms with Crippen LogP contribution in [0.2, 0.25) is 0 Å². The molecule has 0 unspecified atom stereocenters. The first-order chi connectivity index (χ1) is 10.8. The molecule has 0 bridgehead atoms. The summed E-state index contributed by atoms with van der Waals surface area (Å²) in [4.78, 5) is 15.8. The predicted octanol–water partition coefficient (Wildman–Crippen LogP) is 2.25. The molecule has 1 N–H and O–H groups in total. The zero-order chi connectivity index (χ0) is 14.9. The van der Waals surface area contributed by atoms with Gasteiger partial charge in [0.15, 0.2) is 0 Å². The van der Waals surface area contributed by atoms with Crippen molar-refractivity contribution in [1.29, 1.82) is 0 Å². The normalized spacial score (nSPS) is 31.4. The molecule has 3 atom stereocenters. The number of nitrogens with one attached hydrogen (secondary N) is 1. The van der Waals surface area contributed by atoms with Crippen molar-refractivity contribution in [2.45, 2.75) is 44.4 Å². The summed E-state index contributed by atoms with van der Waals surface area (Å²) in [7, 11) is 0. The molecule has 0 aromatic carbocycles. The molecular formula is C17H24N2O2S. The monoisotopic (exact) mass is 320 g/mol. The largest absolute Gasteiger partial charge is 0.373 e. The number of hydrogen-bond donors (Lipinski definition) is 1. The van der Waals surface area contributed by atoms with E-state index in [1.54, 1.807) is 11.3 Å². The highest BCUT2D eigenvalue weighted by Crippen LogP contribution is 2.37. The molecule has 22 heavy (non-hydrogen) atoms. The fraction of sp³-hybridized carbons (Fsp3) is 0.706. The number of hydrogen-bond acceptors (Lipinski definition) is 4. The van der Waals surface area contributed by atoms with Gasteiger partial charge in [-0.3, -0.25) is 4.79 Å². The lowest BCUT2D eigenvalue weighted by Crippen LogP contribution is -2.30. The van der Waals surface area contributed by atoms with E-state index in [2.05, 4.69) is 16.3 Å². The van der Waals surface area contributed by atoms with Gasteiger partial charge in [-0.15, -0.1) is 11.3 Å². The van der Waals surface area contributed by atoms with E-state index >= 15 is 0 Å². The van der Waals surface area contributed by atoms with Crippen LogP contribution in [-0.4, -0.2) is 42.6 Å². The van der Waals surface area contributed by atoms with Crippen LogP contribution in [0, 0.1) is 11.8 Å². The first kappa shape index (κ1) is 14.7. The van der Waals surface area contributed by atoms with Crippen molar-refractivity contribution in [3.8, 4) is 0 Å². The van der Waals surface area contributed by atoms with E-state index in [1.165, 1.54) is 30.8 Å². The van der Waals surface area contributed by atoms with Crippen LogP contribution in [-0.2, 0) is 16.1 Å². The maximum absolute atomic E-state index is 12.0. The Morgan fingerprint density at radius 1 is 1.41 bits per heavy atom. The second kappa shape index (κ2) is 6.30. The van der Waals surface area contributed by atoms with Crippen molar-refractivity contribution in [3.05, 3.63) is 22.4 Å². The maximum Gasteiger partial charge on any atom is 0.222 e. The van der Waals surface area contributed by atoms with Gasteiger partial charge in [0, 0.05) is 30.4 Å². The molecule has 1 aliphatic carbocycles. The van der Waals surface area contributed by atoms with Crippen LogP contribution in [0.5, 0.6) is 0 Å². The van der Waals surface area contributed by atoms with E-state index in [0.717, 1.165) is 18.9 Å². The SMILES string of the molecule is O=C(C[C@H]1C[C@H]2CN(CC3CC3)C[C@H]2O1)NCc1cccs1. The fourth-order valence-electron chi connectivity index (χ4n) is 3.77. The van der Waals surface area contributed by atoms with Gasteiger partial charge < -0.3 is 15.0 Å². The minimum atomic E-state index is 0.119. The first-order valence-corrected chi connectivity index (χ1v) is 9.31. The van der Waals surface area contributed by atoms with Crippen molar-refractivity contribution >= 4 is 17.2 Å². The fourth-order valence-corrected chi connectivity index (χ4v) is 4.42. The minimum Gasteiger partial charge on any atom is -0.373 e.